The monoisotopic (exact) mass is 185 g/mol. The molecule has 74 valence electrons. The summed E-state index contributed by atoms with van der Waals surface area (Å²) in [4.78, 5) is 20.8. The topological polar surface area (TPSA) is 66.4 Å². The van der Waals surface area contributed by atoms with Gasteiger partial charge in [0, 0.05) is 19.9 Å². The van der Waals surface area contributed by atoms with E-state index in [1.807, 2.05) is 0 Å². The molecule has 0 unspecified atom stereocenters. The first-order valence-electron chi connectivity index (χ1n) is 4.54. The first-order valence-corrected chi connectivity index (χ1v) is 4.54. The molecule has 1 saturated carbocycles. The second-order valence-corrected chi connectivity index (χ2v) is 3.74. The summed E-state index contributed by atoms with van der Waals surface area (Å²) in [7, 11) is 0. The molecule has 0 bridgehead atoms. The summed E-state index contributed by atoms with van der Waals surface area (Å²) in [5.74, 6) is 0.0918. The summed E-state index contributed by atoms with van der Waals surface area (Å²) in [6.45, 7) is 2.19. The summed E-state index contributed by atoms with van der Waals surface area (Å²) in [5.41, 5.74) is 0. The molecule has 4 nitrogen and oxygen atoms in total. The van der Waals surface area contributed by atoms with Gasteiger partial charge >= 0.3 is 5.97 Å². The highest BCUT2D eigenvalue weighted by molar-refractivity contribution is 5.72. The minimum Gasteiger partial charge on any atom is -0.481 e. The predicted octanol–water partition coefficient (Wildman–Crippen LogP) is 0.623. The average molecular weight is 185 g/mol. The molecule has 0 aromatic heterocycles. The van der Waals surface area contributed by atoms with Gasteiger partial charge in [0.05, 0.1) is 0 Å². The lowest BCUT2D eigenvalue weighted by molar-refractivity contribution is -0.139. The van der Waals surface area contributed by atoms with E-state index in [1.165, 1.54) is 6.92 Å². The maximum absolute atomic E-state index is 10.5. The lowest BCUT2D eigenvalue weighted by Crippen LogP contribution is -2.35. The van der Waals surface area contributed by atoms with Crippen molar-refractivity contribution in [3.63, 3.8) is 0 Å². The molecule has 2 N–H and O–H groups in total. The Balaban J connectivity index is 2.05. The molecular formula is C9H15NO3. The standard InChI is InChI=1S/C9H15NO3/c1-6(11)10-5-8-2-7(3-8)4-9(12)13/h7-8H,2-5H2,1H3,(H,10,11)(H,12,13). The van der Waals surface area contributed by atoms with Crippen molar-refractivity contribution >= 4 is 11.9 Å². The Morgan fingerprint density at radius 3 is 2.46 bits per heavy atom. The van der Waals surface area contributed by atoms with Crippen LogP contribution in [-0.2, 0) is 9.59 Å². The van der Waals surface area contributed by atoms with Crippen molar-refractivity contribution in [3.05, 3.63) is 0 Å². The summed E-state index contributed by atoms with van der Waals surface area (Å²) in [5, 5.41) is 11.2. The molecule has 0 heterocycles. The molecule has 0 radical (unpaired) electrons. The fourth-order valence-electron chi connectivity index (χ4n) is 1.74. The van der Waals surface area contributed by atoms with E-state index in [1.54, 1.807) is 0 Å². The molecule has 1 rings (SSSR count). The lowest BCUT2D eigenvalue weighted by Gasteiger charge is -2.34. The van der Waals surface area contributed by atoms with Gasteiger partial charge in [-0.25, -0.2) is 0 Å². The summed E-state index contributed by atoms with van der Waals surface area (Å²) in [6.07, 6.45) is 2.15. The zero-order valence-corrected chi connectivity index (χ0v) is 7.75. The van der Waals surface area contributed by atoms with E-state index >= 15 is 0 Å². The van der Waals surface area contributed by atoms with Crippen molar-refractivity contribution in [3.8, 4) is 0 Å². The number of carbonyl (C=O) groups excluding carboxylic acids is 1. The van der Waals surface area contributed by atoms with E-state index in [0.717, 1.165) is 12.8 Å². The zero-order chi connectivity index (χ0) is 9.84. The molecule has 0 aromatic rings. The van der Waals surface area contributed by atoms with E-state index in [2.05, 4.69) is 5.32 Å². The van der Waals surface area contributed by atoms with Crippen molar-refractivity contribution in [2.24, 2.45) is 11.8 Å². The smallest absolute Gasteiger partial charge is 0.303 e. The molecule has 4 heteroatoms. The molecule has 0 atom stereocenters. The van der Waals surface area contributed by atoms with Crippen LogP contribution in [0.2, 0.25) is 0 Å². The van der Waals surface area contributed by atoms with E-state index in [0.29, 0.717) is 18.4 Å². The van der Waals surface area contributed by atoms with Crippen molar-refractivity contribution in [1.29, 1.82) is 0 Å². The third-order valence-corrected chi connectivity index (χ3v) is 2.44. The highest BCUT2D eigenvalue weighted by Gasteiger charge is 2.30. The SMILES string of the molecule is CC(=O)NCC1CC(CC(=O)O)C1. The number of amides is 1. The number of hydrogen-bond donors (Lipinski definition) is 2. The van der Waals surface area contributed by atoms with Crippen LogP contribution in [-0.4, -0.2) is 23.5 Å². The third-order valence-electron chi connectivity index (χ3n) is 2.44. The maximum Gasteiger partial charge on any atom is 0.303 e. The molecule has 1 aliphatic rings. The second kappa shape index (κ2) is 4.25. The Kier molecular flexibility index (Phi) is 3.28. The number of carboxylic acid groups (broad SMARTS) is 1. The molecule has 0 spiro atoms. The van der Waals surface area contributed by atoms with E-state index in [4.69, 9.17) is 5.11 Å². The van der Waals surface area contributed by atoms with Gasteiger partial charge in [-0.3, -0.25) is 9.59 Å². The Bertz CT molecular complexity index is 209. The van der Waals surface area contributed by atoms with Crippen molar-refractivity contribution < 1.29 is 14.7 Å². The summed E-state index contributed by atoms with van der Waals surface area (Å²) < 4.78 is 0. The molecule has 1 aliphatic carbocycles. The number of hydrogen-bond acceptors (Lipinski definition) is 2. The van der Waals surface area contributed by atoms with Crippen LogP contribution in [0, 0.1) is 11.8 Å². The highest BCUT2D eigenvalue weighted by atomic mass is 16.4. The molecule has 1 fully saturated rings. The van der Waals surface area contributed by atoms with Gasteiger partial charge in [-0.2, -0.15) is 0 Å². The summed E-state index contributed by atoms with van der Waals surface area (Å²) >= 11 is 0. The summed E-state index contributed by atoms with van der Waals surface area (Å²) in [6, 6.07) is 0. The van der Waals surface area contributed by atoms with Crippen LogP contribution < -0.4 is 5.32 Å². The normalized spacial score (nSPS) is 26.2. The van der Waals surface area contributed by atoms with E-state index < -0.39 is 5.97 Å². The van der Waals surface area contributed by atoms with Crippen molar-refractivity contribution in [1.82, 2.24) is 5.32 Å². The van der Waals surface area contributed by atoms with Gasteiger partial charge in [-0.1, -0.05) is 0 Å². The molecular weight excluding hydrogens is 170 g/mol. The van der Waals surface area contributed by atoms with Crippen LogP contribution in [0.1, 0.15) is 26.2 Å². The fourth-order valence-corrected chi connectivity index (χ4v) is 1.74. The Morgan fingerprint density at radius 2 is 2.00 bits per heavy atom. The van der Waals surface area contributed by atoms with E-state index in [9.17, 15) is 9.59 Å². The van der Waals surface area contributed by atoms with Gasteiger partial charge in [0.2, 0.25) is 5.91 Å². The molecule has 1 amide bonds. The van der Waals surface area contributed by atoms with Crippen LogP contribution in [0.15, 0.2) is 0 Å². The predicted molar refractivity (Wildman–Crippen MR) is 47.2 cm³/mol. The Hall–Kier alpha value is -1.06. The van der Waals surface area contributed by atoms with Crippen LogP contribution in [0.4, 0.5) is 0 Å². The minimum absolute atomic E-state index is 0.0123. The number of carbonyl (C=O) groups is 2. The number of carboxylic acids is 1. The highest BCUT2D eigenvalue weighted by Crippen LogP contribution is 2.35. The third kappa shape index (κ3) is 3.44. The van der Waals surface area contributed by atoms with Crippen LogP contribution in [0.5, 0.6) is 0 Å². The number of rotatable bonds is 4. The second-order valence-electron chi connectivity index (χ2n) is 3.74. The first kappa shape index (κ1) is 10.0. The molecule has 13 heavy (non-hydrogen) atoms. The lowest BCUT2D eigenvalue weighted by atomic mass is 9.73. The minimum atomic E-state index is -0.719. The first-order chi connectivity index (χ1) is 6.08. The molecule has 0 aromatic carbocycles. The van der Waals surface area contributed by atoms with Crippen LogP contribution in [0.3, 0.4) is 0 Å². The largest absolute Gasteiger partial charge is 0.481 e. The van der Waals surface area contributed by atoms with Crippen molar-refractivity contribution in [2.45, 2.75) is 26.2 Å². The van der Waals surface area contributed by atoms with Crippen LogP contribution in [0.25, 0.3) is 0 Å². The average Bonchev–Trinajstić information content (AvgIpc) is 1.92. The van der Waals surface area contributed by atoms with Gasteiger partial charge in [-0.05, 0) is 24.7 Å². The molecule has 0 saturated heterocycles. The fraction of sp³-hybridized carbons (Fsp3) is 0.778. The quantitative estimate of drug-likeness (QED) is 0.674. The number of nitrogens with one attached hydrogen (secondary N) is 1. The van der Waals surface area contributed by atoms with Gasteiger partial charge in [0.15, 0.2) is 0 Å². The van der Waals surface area contributed by atoms with Crippen LogP contribution >= 0.6 is 0 Å². The van der Waals surface area contributed by atoms with Gasteiger partial charge < -0.3 is 10.4 Å². The van der Waals surface area contributed by atoms with Crippen molar-refractivity contribution in [2.75, 3.05) is 6.54 Å². The number of aliphatic carboxylic acids is 1. The van der Waals surface area contributed by atoms with E-state index in [-0.39, 0.29) is 12.3 Å². The van der Waals surface area contributed by atoms with Gasteiger partial charge in [0.1, 0.15) is 0 Å². The molecule has 0 aliphatic heterocycles. The van der Waals surface area contributed by atoms with Gasteiger partial charge in [-0.15, -0.1) is 0 Å². The van der Waals surface area contributed by atoms with Gasteiger partial charge in [0.25, 0.3) is 0 Å². The zero-order valence-electron chi connectivity index (χ0n) is 7.75. The maximum atomic E-state index is 10.5. The Morgan fingerprint density at radius 1 is 1.38 bits per heavy atom. The Labute approximate surface area is 77.3 Å².